The van der Waals surface area contributed by atoms with Crippen LogP contribution in [0.15, 0.2) is 23.0 Å². The summed E-state index contributed by atoms with van der Waals surface area (Å²) < 4.78 is 44.5. The second-order valence-corrected chi connectivity index (χ2v) is 5.80. The Morgan fingerprint density at radius 1 is 1.35 bits per heavy atom. The van der Waals surface area contributed by atoms with Gasteiger partial charge in [0.25, 0.3) is 5.91 Å². The predicted molar refractivity (Wildman–Crippen MR) is 90.2 cm³/mol. The van der Waals surface area contributed by atoms with Crippen LogP contribution < -0.4 is 16.0 Å². The van der Waals surface area contributed by atoms with Gasteiger partial charge in [-0.1, -0.05) is 0 Å². The lowest BCUT2D eigenvalue weighted by Gasteiger charge is -2.36. The van der Waals surface area contributed by atoms with Crippen LogP contribution in [0.3, 0.4) is 0 Å². The molecule has 0 saturated carbocycles. The predicted octanol–water partition coefficient (Wildman–Crippen LogP) is 0.772. The molecule has 0 aliphatic carbocycles. The molecule has 2 amide bonds. The maximum atomic E-state index is 13.3. The topological polar surface area (TPSA) is 86.6 Å². The van der Waals surface area contributed by atoms with Crippen LogP contribution in [0.25, 0.3) is 0 Å². The lowest BCUT2D eigenvalue weighted by Crippen LogP contribution is -2.58. The van der Waals surface area contributed by atoms with Crippen molar-refractivity contribution < 1.29 is 27.2 Å². The van der Waals surface area contributed by atoms with E-state index in [1.165, 1.54) is 30.4 Å². The highest BCUT2D eigenvalue weighted by molar-refractivity contribution is 5.97. The molecular weight excluding hydrogens is 377 g/mol. The number of nitrogens with one attached hydrogen (secondary N) is 3. The van der Waals surface area contributed by atoms with Crippen molar-refractivity contribution in [3.8, 4) is 0 Å². The van der Waals surface area contributed by atoms with Crippen LogP contribution in [-0.4, -0.2) is 67.7 Å². The molecule has 1 aliphatic heterocycles. The Kier molecular flexibility index (Phi) is 8.38. The molecule has 11 heteroatoms. The number of carbonyl (C=O) groups excluding carboxylic acids is 2. The zero-order valence-electron chi connectivity index (χ0n) is 14.1. The fourth-order valence-electron chi connectivity index (χ4n) is 2.54. The first-order valence-corrected chi connectivity index (χ1v) is 7.91. The summed E-state index contributed by atoms with van der Waals surface area (Å²) in [5.41, 5.74) is 0.230. The maximum Gasteiger partial charge on any atom is 0.405 e. The van der Waals surface area contributed by atoms with Crippen LogP contribution in [0.5, 0.6) is 0 Å². The molecule has 0 spiro atoms. The second kappa shape index (κ2) is 9.79. The third kappa shape index (κ3) is 6.19. The number of piperazine rings is 1. The van der Waals surface area contributed by atoms with E-state index < -0.39 is 36.6 Å². The number of alkyl halides is 3. The molecule has 148 valence electrons. The molecule has 1 aromatic heterocycles. The summed E-state index contributed by atoms with van der Waals surface area (Å²) in [7, 11) is 0. The highest BCUT2D eigenvalue weighted by Gasteiger charge is 2.44. The Morgan fingerprint density at radius 3 is 2.54 bits per heavy atom. The molecule has 2 heterocycles. The first-order chi connectivity index (χ1) is 11.8. The highest BCUT2D eigenvalue weighted by atomic mass is 35.5. The van der Waals surface area contributed by atoms with Gasteiger partial charge in [-0.05, 0) is 13.0 Å². The van der Waals surface area contributed by atoms with Crippen molar-refractivity contribution in [3.05, 3.63) is 24.2 Å². The van der Waals surface area contributed by atoms with E-state index in [0.29, 0.717) is 13.1 Å². The molecule has 1 fully saturated rings. The molecule has 26 heavy (non-hydrogen) atoms. The van der Waals surface area contributed by atoms with E-state index in [1.54, 1.807) is 0 Å². The van der Waals surface area contributed by atoms with Crippen LogP contribution in [0.2, 0.25) is 0 Å². The summed E-state index contributed by atoms with van der Waals surface area (Å²) in [6.45, 7) is 2.30. The van der Waals surface area contributed by atoms with Gasteiger partial charge in [-0.3, -0.25) is 14.5 Å². The van der Waals surface area contributed by atoms with Crippen molar-refractivity contribution in [1.29, 1.82) is 0 Å². The molecule has 2 unspecified atom stereocenters. The minimum absolute atomic E-state index is 0. The van der Waals surface area contributed by atoms with Crippen molar-refractivity contribution in [3.63, 3.8) is 0 Å². The van der Waals surface area contributed by atoms with Gasteiger partial charge in [-0.15, -0.1) is 12.4 Å². The fourth-order valence-corrected chi connectivity index (χ4v) is 2.54. The highest BCUT2D eigenvalue weighted by Crippen LogP contribution is 2.24. The van der Waals surface area contributed by atoms with Gasteiger partial charge in [0.2, 0.25) is 5.91 Å². The van der Waals surface area contributed by atoms with Gasteiger partial charge in [0, 0.05) is 32.7 Å². The largest absolute Gasteiger partial charge is 0.472 e. The second-order valence-electron chi connectivity index (χ2n) is 5.80. The number of amides is 2. The molecule has 1 aromatic rings. The lowest BCUT2D eigenvalue weighted by molar-refractivity contribution is -0.184. The molecule has 7 nitrogen and oxygen atoms in total. The van der Waals surface area contributed by atoms with Crippen LogP contribution in [0.1, 0.15) is 17.3 Å². The van der Waals surface area contributed by atoms with Crippen LogP contribution in [0, 0.1) is 0 Å². The molecule has 1 aliphatic rings. The van der Waals surface area contributed by atoms with E-state index in [-0.39, 0.29) is 31.1 Å². The molecule has 0 bridgehead atoms. The van der Waals surface area contributed by atoms with Gasteiger partial charge < -0.3 is 20.4 Å². The van der Waals surface area contributed by atoms with Crippen molar-refractivity contribution in [2.45, 2.75) is 25.2 Å². The summed E-state index contributed by atoms with van der Waals surface area (Å²) in [6, 6.07) is -1.31. The number of halogens is 4. The average Bonchev–Trinajstić information content (AvgIpc) is 3.09. The Balaban J connectivity index is 0.00000338. The Labute approximate surface area is 155 Å². The van der Waals surface area contributed by atoms with E-state index in [9.17, 15) is 22.8 Å². The van der Waals surface area contributed by atoms with Crippen molar-refractivity contribution in [2.75, 3.05) is 32.7 Å². The fraction of sp³-hybridized carbons (Fsp3) is 0.600. The van der Waals surface area contributed by atoms with Gasteiger partial charge >= 0.3 is 6.18 Å². The van der Waals surface area contributed by atoms with Crippen LogP contribution >= 0.6 is 12.4 Å². The van der Waals surface area contributed by atoms with Crippen LogP contribution in [0.4, 0.5) is 13.2 Å². The lowest BCUT2D eigenvalue weighted by atomic mass is 10.2. The number of hydrogen-bond acceptors (Lipinski definition) is 5. The summed E-state index contributed by atoms with van der Waals surface area (Å²) in [5.74, 6) is -1.22. The number of carbonyl (C=O) groups is 2. The Hall–Kier alpha value is -1.78. The van der Waals surface area contributed by atoms with E-state index in [0.717, 1.165) is 0 Å². The molecule has 2 rings (SSSR count). The first-order valence-electron chi connectivity index (χ1n) is 7.91. The smallest absolute Gasteiger partial charge is 0.405 e. The molecule has 0 aromatic carbocycles. The van der Waals surface area contributed by atoms with Gasteiger partial charge in [0.1, 0.15) is 18.3 Å². The van der Waals surface area contributed by atoms with Crippen molar-refractivity contribution in [1.82, 2.24) is 20.9 Å². The molecular formula is C15H22ClF3N4O3. The standard InChI is InChI=1S/C15H21F3N4O3.ClH/c1-10(21-14(24)11-2-7-25-9-11)13(23)20-8-12(15(16,17)18)22-5-3-19-4-6-22;/h2,7,9-10,12,19H,3-6,8H2,1H3,(H,20,23)(H,21,24);1H. The van der Waals surface area contributed by atoms with Gasteiger partial charge in [0.05, 0.1) is 11.8 Å². The zero-order chi connectivity index (χ0) is 18.4. The van der Waals surface area contributed by atoms with Gasteiger partial charge in [-0.25, -0.2) is 0 Å². The number of furan rings is 1. The number of rotatable bonds is 6. The summed E-state index contributed by atoms with van der Waals surface area (Å²) in [6.07, 6.45) is -1.93. The number of nitrogens with zero attached hydrogens (tertiary/aromatic N) is 1. The molecule has 3 N–H and O–H groups in total. The maximum absolute atomic E-state index is 13.3. The molecule has 2 atom stereocenters. The van der Waals surface area contributed by atoms with E-state index in [2.05, 4.69) is 16.0 Å². The molecule has 1 saturated heterocycles. The van der Waals surface area contributed by atoms with Crippen molar-refractivity contribution in [2.24, 2.45) is 0 Å². The van der Waals surface area contributed by atoms with E-state index in [1.807, 2.05) is 0 Å². The quantitative estimate of drug-likeness (QED) is 0.659. The minimum Gasteiger partial charge on any atom is -0.472 e. The average molecular weight is 399 g/mol. The SMILES string of the molecule is CC(NC(=O)c1ccoc1)C(=O)NCC(N1CCNCC1)C(F)(F)F.Cl. The Morgan fingerprint density at radius 2 is 2.00 bits per heavy atom. The Bertz CT molecular complexity index is 577. The zero-order valence-corrected chi connectivity index (χ0v) is 15.0. The first kappa shape index (κ1) is 22.3. The summed E-state index contributed by atoms with van der Waals surface area (Å²) in [4.78, 5) is 25.1. The van der Waals surface area contributed by atoms with Crippen molar-refractivity contribution >= 4 is 24.2 Å². The van der Waals surface area contributed by atoms with Gasteiger partial charge in [-0.2, -0.15) is 13.2 Å². The van der Waals surface area contributed by atoms with Crippen LogP contribution in [-0.2, 0) is 4.79 Å². The third-order valence-electron chi connectivity index (χ3n) is 3.96. The minimum atomic E-state index is -4.45. The van der Waals surface area contributed by atoms with E-state index in [4.69, 9.17) is 4.42 Å². The summed E-state index contributed by atoms with van der Waals surface area (Å²) in [5, 5.41) is 7.67. The third-order valence-corrected chi connectivity index (χ3v) is 3.96. The molecule has 0 radical (unpaired) electrons. The van der Waals surface area contributed by atoms with Gasteiger partial charge in [0.15, 0.2) is 0 Å². The summed E-state index contributed by atoms with van der Waals surface area (Å²) >= 11 is 0. The van der Waals surface area contributed by atoms with E-state index >= 15 is 0 Å². The monoisotopic (exact) mass is 398 g/mol. The normalized spacial score (nSPS) is 17.7. The number of hydrogen-bond donors (Lipinski definition) is 3.